The number of hydrogen-bond donors (Lipinski definition) is 3. The van der Waals surface area contributed by atoms with Crippen molar-refractivity contribution in [2.24, 2.45) is 5.92 Å². The van der Waals surface area contributed by atoms with Crippen molar-refractivity contribution in [2.45, 2.75) is 24.9 Å². The molecular formula is C19H17F3N2O2S. The van der Waals surface area contributed by atoms with Gasteiger partial charge in [-0.1, -0.05) is 60.2 Å². The molecule has 0 radical (unpaired) electrons. The molecule has 142 valence electrons. The lowest BCUT2D eigenvalue weighted by Gasteiger charge is -2.46. The smallest absolute Gasteiger partial charge is 0.363 e. The number of Topliss-reactive ketones (excluding diaryl/α,β-unsaturated/α-hetero) is 1. The van der Waals surface area contributed by atoms with Gasteiger partial charge in [0.25, 0.3) is 0 Å². The molecule has 8 heteroatoms. The second-order valence-electron chi connectivity index (χ2n) is 6.46. The maximum absolute atomic E-state index is 13.8. The highest BCUT2D eigenvalue weighted by molar-refractivity contribution is 7.80. The minimum absolute atomic E-state index is 0.0682. The monoisotopic (exact) mass is 394 g/mol. The van der Waals surface area contributed by atoms with Crippen molar-refractivity contribution in [2.75, 3.05) is 0 Å². The van der Waals surface area contributed by atoms with Crippen LogP contribution in [-0.2, 0) is 0 Å². The summed E-state index contributed by atoms with van der Waals surface area (Å²) in [6.45, 7) is 1.84. The fourth-order valence-electron chi connectivity index (χ4n) is 3.17. The summed E-state index contributed by atoms with van der Waals surface area (Å²) in [5, 5.41) is 14.8. The Morgan fingerprint density at radius 2 is 1.70 bits per heavy atom. The zero-order valence-electron chi connectivity index (χ0n) is 14.2. The molecule has 1 heterocycles. The molecule has 0 aromatic heterocycles. The third kappa shape index (κ3) is 3.54. The van der Waals surface area contributed by atoms with E-state index in [-0.39, 0.29) is 10.7 Å². The average Bonchev–Trinajstić information content (AvgIpc) is 2.61. The standard InChI is InChI=1S/C19H17F3N2O2S/c1-11-7-9-12(10-8-11)15-14(16(25)13-5-3-2-4-6-13)18(26,19(20,21)22)24-17(27)23-15/h2-10,14-15,26H,1H3,(H2,23,24,27)/t14-,15+,18-/m1/s1. The number of nitrogens with one attached hydrogen (secondary N) is 2. The van der Waals surface area contributed by atoms with Gasteiger partial charge in [0, 0.05) is 5.56 Å². The summed E-state index contributed by atoms with van der Waals surface area (Å²) in [5.74, 6) is -2.72. The topological polar surface area (TPSA) is 61.4 Å². The van der Waals surface area contributed by atoms with E-state index in [1.165, 1.54) is 12.1 Å². The van der Waals surface area contributed by atoms with Crippen molar-refractivity contribution in [3.05, 3.63) is 71.3 Å². The molecule has 2 aromatic carbocycles. The van der Waals surface area contributed by atoms with Crippen LogP contribution in [0.15, 0.2) is 54.6 Å². The van der Waals surface area contributed by atoms with Gasteiger partial charge >= 0.3 is 6.18 Å². The van der Waals surface area contributed by atoms with Gasteiger partial charge in [-0.05, 0) is 24.7 Å². The third-order valence-corrected chi connectivity index (χ3v) is 4.80. The molecule has 0 aliphatic carbocycles. The van der Waals surface area contributed by atoms with E-state index < -0.39 is 29.6 Å². The lowest BCUT2D eigenvalue weighted by atomic mass is 9.77. The van der Waals surface area contributed by atoms with Crippen LogP contribution in [0.25, 0.3) is 0 Å². The summed E-state index contributed by atoms with van der Waals surface area (Å²) >= 11 is 4.89. The minimum Gasteiger partial charge on any atom is -0.363 e. The molecule has 27 heavy (non-hydrogen) atoms. The predicted molar refractivity (Wildman–Crippen MR) is 98.1 cm³/mol. The van der Waals surface area contributed by atoms with Gasteiger partial charge in [0.2, 0.25) is 5.72 Å². The van der Waals surface area contributed by atoms with Gasteiger partial charge < -0.3 is 15.7 Å². The Morgan fingerprint density at radius 3 is 2.26 bits per heavy atom. The Bertz CT molecular complexity index is 856. The van der Waals surface area contributed by atoms with Gasteiger partial charge in [0.05, 0.1) is 6.04 Å². The number of aliphatic hydroxyl groups is 1. The van der Waals surface area contributed by atoms with E-state index in [0.717, 1.165) is 5.56 Å². The SMILES string of the molecule is Cc1ccc([C@@H]2NC(=S)N[C@](O)(C(F)(F)F)[C@H]2C(=O)c2ccccc2)cc1. The number of halogens is 3. The summed E-state index contributed by atoms with van der Waals surface area (Å²) in [6.07, 6.45) is -5.13. The largest absolute Gasteiger partial charge is 0.437 e. The zero-order valence-corrected chi connectivity index (χ0v) is 15.1. The number of carbonyl (C=O) groups is 1. The van der Waals surface area contributed by atoms with Crippen LogP contribution in [0.1, 0.15) is 27.5 Å². The number of ketones is 1. The third-order valence-electron chi connectivity index (χ3n) is 4.58. The maximum Gasteiger partial charge on any atom is 0.437 e. The fourth-order valence-corrected chi connectivity index (χ4v) is 3.46. The van der Waals surface area contributed by atoms with E-state index in [0.29, 0.717) is 5.56 Å². The number of alkyl halides is 3. The maximum atomic E-state index is 13.8. The fraction of sp³-hybridized carbons (Fsp3) is 0.263. The average molecular weight is 394 g/mol. The van der Waals surface area contributed by atoms with Gasteiger partial charge in [-0.15, -0.1) is 0 Å². The van der Waals surface area contributed by atoms with Crippen LogP contribution in [0.2, 0.25) is 0 Å². The highest BCUT2D eigenvalue weighted by Crippen LogP contribution is 2.43. The molecule has 1 fully saturated rings. The van der Waals surface area contributed by atoms with Crippen LogP contribution in [0, 0.1) is 12.8 Å². The Hall–Kier alpha value is -2.45. The number of thiocarbonyl (C=S) groups is 1. The van der Waals surface area contributed by atoms with Crippen molar-refractivity contribution < 1.29 is 23.1 Å². The summed E-state index contributed by atoms with van der Waals surface area (Å²) in [4.78, 5) is 13.0. The van der Waals surface area contributed by atoms with E-state index in [1.807, 2.05) is 12.2 Å². The van der Waals surface area contributed by atoms with Crippen LogP contribution in [-0.4, -0.2) is 27.9 Å². The quantitative estimate of drug-likeness (QED) is 0.551. The molecule has 2 aromatic rings. The lowest BCUT2D eigenvalue weighted by molar-refractivity contribution is -0.285. The van der Waals surface area contributed by atoms with E-state index in [1.54, 1.807) is 42.5 Å². The Morgan fingerprint density at radius 1 is 1.11 bits per heavy atom. The minimum atomic E-state index is -5.13. The van der Waals surface area contributed by atoms with Crippen molar-refractivity contribution >= 4 is 23.1 Å². The summed E-state index contributed by atoms with van der Waals surface area (Å²) in [5.41, 5.74) is -2.11. The number of hydrogen-bond acceptors (Lipinski definition) is 3. The molecule has 0 saturated carbocycles. The van der Waals surface area contributed by atoms with Crippen molar-refractivity contribution in [3.8, 4) is 0 Å². The summed E-state index contributed by atoms with van der Waals surface area (Å²) in [6, 6.07) is 13.1. The molecule has 3 N–H and O–H groups in total. The number of aryl methyl sites for hydroxylation is 1. The van der Waals surface area contributed by atoms with Gasteiger partial charge in [-0.2, -0.15) is 13.2 Å². The van der Waals surface area contributed by atoms with Gasteiger partial charge in [0.15, 0.2) is 10.9 Å². The first kappa shape index (κ1) is 19.3. The van der Waals surface area contributed by atoms with Gasteiger partial charge in [-0.3, -0.25) is 4.79 Å². The van der Waals surface area contributed by atoms with Gasteiger partial charge in [-0.25, -0.2) is 0 Å². The van der Waals surface area contributed by atoms with E-state index in [9.17, 15) is 23.1 Å². The predicted octanol–water partition coefficient (Wildman–Crippen LogP) is 3.26. The van der Waals surface area contributed by atoms with E-state index in [4.69, 9.17) is 12.2 Å². The van der Waals surface area contributed by atoms with Crippen molar-refractivity contribution in [1.82, 2.24) is 10.6 Å². The second kappa shape index (κ2) is 6.94. The molecule has 3 atom stereocenters. The molecule has 1 aliphatic rings. The first-order valence-electron chi connectivity index (χ1n) is 8.17. The molecular weight excluding hydrogens is 377 g/mol. The molecule has 0 bridgehead atoms. The van der Waals surface area contributed by atoms with Crippen LogP contribution >= 0.6 is 12.2 Å². The summed E-state index contributed by atoms with van der Waals surface area (Å²) in [7, 11) is 0. The zero-order chi connectivity index (χ0) is 19.8. The number of benzene rings is 2. The molecule has 1 aliphatic heterocycles. The van der Waals surface area contributed by atoms with Crippen LogP contribution in [0.5, 0.6) is 0 Å². The molecule has 0 amide bonds. The van der Waals surface area contributed by atoms with E-state index >= 15 is 0 Å². The van der Waals surface area contributed by atoms with Crippen LogP contribution < -0.4 is 10.6 Å². The normalized spacial score (nSPS) is 25.4. The Kier molecular flexibility index (Phi) is 4.96. The highest BCUT2D eigenvalue weighted by Gasteiger charge is 2.65. The molecule has 4 nitrogen and oxygen atoms in total. The molecule has 0 spiro atoms. The number of rotatable bonds is 3. The second-order valence-corrected chi connectivity index (χ2v) is 6.87. The summed E-state index contributed by atoms with van der Waals surface area (Å²) < 4.78 is 41.5. The molecule has 3 rings (SSSR count). The van der Waals surface area contributed by atoms with Crippen LogP contribution in [0.4, 0.5) is 13.2 Å². The Balaban J connectivity index is 2.15. The van der Waals surface area contributed by atoms with Crippen molar-refractivity contribution in [1.29, 1.82) is 0 Å². The highest BCUT2D eigenvalue weighted by atomic mass is 32.1. The first-order valence-corrected chi connectivity index (χ1v) is 8.58. The molecule has 0 unspecified atom stereocenters. The Labute approximate surface area is 159 Å². The van der Waals surface area contributed by atoms with E-state index in [2.05, 4.69) is 5.32 Å². The van der Waals surface area contributed by atoms with Gasteiger partial charge in [0.1, 0.15) is 5.92 Å². The number of carbonyl (C=O) groups excluding carboxylic acids is 1. The van der Waals surface area contributed by atoms with Crippen LogP contribution in [0.3, 0.4) is 0 Å². The lowest BCUT2D eigenvalue weighted by Crippen LogP contribution is -2.72. The van der Waals surface area contributed by atoms with Crippen molar-refractivity contribution in [3.63, 3.8) is 0 Å². The first-order chi connectivity index (χ1) is 12.6. The molecule has 1 saturated heterocycles.